The number of rotatable bonds is 3. The second-order valence-electron chi connectivity index (χ2n) is 3.70. The summed E-state index contributed by atoms with van der Waals surface area (Å²) in [4.78, 5) is 10.4. The van der Waals surface area contributed by atoms with Crippen molar-refractivity contribution in [3.63, 3.8) is 0 Å². The van der Waals surface area contributed by atoms with Crippen LogP contribution in [0.3, 0.4) is 0 Å². The molecule has 0 radical (unpaired) electrons. The van der Waals surface area contributed by atoms with Gasteiger partial charge < -0.3 is 15.6 Å². The van der Waals surface area contributed by atoms with Gasteiger partial charge in [0.15, 0.2) is 0 Å². The summed E-state index contributed by atoms with van der Waals surface area (Å²) in [6, 6.07) is 0.106. The number of nitrogens with one attached hydrogen (secondary N) is 1. The van der Waals surface area contributed by atoms with Crippen LogP contribution in [0.25, 0.3) is 0 Å². The standard InChI is InChI=1S/C9H16N2O3/c12-9(13)11-8-3-1-7(2-4-8)5-6-10-14/h6-8,11,14H,1-5H2,(H,12,13)/b10-6+/t7-,8-. The Bertz CT molecular complexity index is 210. The summed E-state index contributed by atoms with van der Waals surface area (Å²) in [6.07, 6.45) is 5.12. The number of carboxylic acid groups (broad SMARTS) is 1. The summed E-state index contributed by atoms with van der Waals surface area (Å²) in [5, 5.41) is 22.2. The Kier molecular flexibility index (Phi) is 4.22. The Hall–Kier alpha value is -1.26. The van der Waals surface area contributed by atoms with Crippen molar-refractivity contribution in [2.75, 3.05) is 0 Å². The van der Waals surface area contributed by atoms with Crippen LogP contribution < -0.4 is 5.32 Å². The molecule has 5 nitrogen and oxygen atoms in total. The summed E-state index contributed by atoms with van der Waals surface area (Å²) in [6.45, 7) is 0. The van der Waals surface area contributed by atoms with Crippen LogP contribution in [0.5, 0.6) is 0 Å². The highest BCUT2D eigenvalue weighted by atomic mass is 16.4. The highest BCUT2D eigenvalue weighted by Gasteiger charge is 2.21. The molecule has 1 rings (SSSR count). The second kappa shape index (κ2) is 5.47. The number of nitrogens with zero attached hydrogens (tertiary/aromatic N) is 1. The van der Waals surface area contributed by atoms with Gasteiger partial charge in [0, 0.05) is 12.3 Å². The molecule has 0 spiro atoms. The predicted octanol–water partition coefficient (Wildman–Crippen LogP) is 1.66. The molecule has 1 amide bonds. The number of amides is 1. The lowest BCUT2D eigenvalue weighted by molar-refractivity contribution is 0.182. The molecule has 80 valence electrons. The Morgan fingerprint density at radius 2 is 2.07 bits per heavy atom. The molecule has 0 unspecified atom stereocenters. The van der Waals surface area contributed by atoms with Crippen molar-refractivity contribution < 1.29 is 15.1 Å². The van der Waals surface area contributed by atoms with Gasteiger partial charge in [-0.05, 0) is 38.0 Å². The molecule has 0 saturated heterocycles. The maximum absolute atomic E-state index is 10.4. The highest BCUT2D eigenvalue weighted by Crippen LogP contribution is 2.25. The second-order valence-corrected chi connectivity index (χ2v) is 3.70. The molecular weight excluding hydrogens is 184 g/mol. The molecule has 1 saturated carbocycles. The van der Waals surface area contributed by atoms with E-state index in [1.807, 2.05) is 0 Å². The zero-order chi connectivity index (χ0) is 10.4. The molecule has 1 aliphatic rings. The molecule has 3 N–H and O–H groups in total. The highest BCUT2D eigenvalue weighted by molar-refractivity contribution is 5.64. The summed E-state index contributed by atoms with van der Waals surface area (Å²) in [7, 11) is 0. The molecule has 0 bridgehead atoms. The van der Waals surface area contributed by atoms with Crippen LogP contribution in [-0.4, -0.2) is 28.7 Å². The average Bonchev–Trinajstić information content (AvgIpc) is 2.16. The van der Waals surface area contributed by atoms with E-state index in [2.05, 4.69) is 10.5 Å². The number of oxime groups is 1. The van der Waals surface area contributed by atoms with Crippen LogP contribution in [0, 0.1) is 5.92 Å². The zero-order valence-electron chi connectivity index (χ0n) is 8.02. The molecule has 1 fully saturated rings. The fraction of sp³-hybridized carbons (Fsp3) is 0.778. The van der Waals surface area contributed by atoms with Gasteiger partial charge in [-0.2, -0.15) is 0 Å². The van der Waals surface area contributed by atoms with Crippen molar-refractivity contribution >= 4 is 12.3 Å². The molecule has 0 atom stereocenters. The number of hydrogen-bond donors (Lipinski definition) is 3. The van der Waals surface area contributed by atoms with Gasteiger partial charge in [-0.25, -0.2) is 4.79 Å². The van der Waals surface area contributed by atoms with E-state index >= 15 is 0 Å². The molecule has 0 aromatic heterocycles. The van der Waals surface area contributed by atoms with E-state index in [4.69, 9.17) is 10.3 Å². The van der Waals surface area contributed by atoms with Crippen LogP contribution in [-0.2, 0) is 0 Å². The summed E-state index contributed by atoms with van der Waals surface area (Å²) in [5.74, 6) is 0.540. The fourth-order valence-corrected chi connectivity index (χ4v) is 1.91. The first-order valence-electron chi connectivity index (χ1n) is 4.87. The first-order chi connectivity index (χ1) is 6.72. The first-order valence-corrected chi connectivity index (χ1v) is 4.87. The summed E-state index contributed by atoms with van der Waals surface area (Å²) in [5.41, 5.74) is 0. The minimum atomic E-state index is -0.939. The third-order valence-corrected chi connectivity index (χ3v) is 2.69. The monoisotopic (exact) mass is 200 g/mol. The van der Waals surface area contributed by atoms with Crippen molar-refractivity contribution in [2.45, 2.75) is 38.1 Å². The zero-order valence-corrected chi connectivity index (χ0v) is 8.02. The third-order valence-electron chi connectivity index (χ3n) is 2.69. The lowest BCUT2D eigenvalue weighted by atomic mass is 9.84. The molecule has 5 heteroatoms. The van der Waals surface area contributed by atoms with Crippen LogP contribution in [0.2, 0.25) is 0 Å². The Balaban J connectivity index is 2.20. The lowest BCUT2D eigenvalue weighted by Gasteiger charge is -2.27. The minimum absolute atomic E-state index is 0.106. The maximum Gasteiger partial charge on any atom is 0.404 e. The molecule has 14 heavy (non-hydrogen) atoms. The van der Waals surface area contributed by atoms with E-state index in [-0.39, 0.29) is 6.04 Å². The molecular formula is C9H16N2O3. The largest absolute Gasteiger partial charge is 0.465 e. The van der Waals surface area contributed by atoms with Crippen LogP contribution >= 0.6 is 0 Å². The average molecular weight is 200 g/mol. The minimum Gasteiger partial charge on any atom is -0.465 e. The van der Waals surface area contributed by atoms with Crippen LogP contribution in [0.4, 0.5) is 4.79 Å². The SMILES string of the molecule is O=C(O)N[C@H]1CC[C@H](C/C=N/O)CC1. The normalized spacial score (nSPS) is 27.7. The van der Waals surface area contributed by atoms with E-state index in [1.54, 1.807) is 0 Å². The molecule has 0 aromatic carbocycles. The van der Waals surface area contributed by atoms with Gasteiger partial charge in [0.05, 0.1) is 0 Å². The van der Waals surface area contributed by atoms with E-state index in [9.17, 15) is 4.79 Å². The van der Waals surface area contributed by atoms with Crippen molar-refractivity contribution in [2.24, 2.45) is 11.1 Å². The van der Waals surface area contributed by atoms with Gasteiger partial charge in [-0.3, -0.25) is 0 Å². The molecule has 0 aliphatic heterocycles. The topological polar surface area (TPSA) is 81.9 Å². The quantitative estimate of drug-likeness (QED) is 0.368. The van der Waals surface area contributed by atoms with E-state index in [0.29, 0.717) is 5.92 Å². The Morgan fingerprint density at radius 3 is 2.57 bits per heavy atom. The van der Waals surface area contributed by atoms with Crippen molar-refractivity contribution in [3.05, 3.63) is 0 Å². The molecule has 0 aromatic rings. The fourth-order valence-electron chi connectivity index (χ4n) is 1.91. The molecule has 0 heterocycles. The number of carbonyl (C=O) groups is 1. The van der Waals surface area contributed by atoms with E-state index in [1.165, 1.54) is 6.21 Å². The molecule has 1 aliphatic carbocycles. The van der Waals surface area contributed by atoms with Gasteiger partial charge in [-0.1, -0.05) is 0 Å². The van der Waals surface area contributed by atoms with Gasteiger partial charge in [-0.15, -0.1) is 5.16 Å². The third kappa shape index (κ3) is 3.64. The predicted molar refractivity (Wildman–Crippen MR) is 51.8 cm³/mol. The van der Waals surface area contributed by atoms with Gasteiger partial charge >= 0.3 is 6.09 Å². The van der Waals surface area contributed by atoms with Crippen molar-refractivity contribution in [1.29, 1.82) is 0 Å². The van der Waals surface area contributed by atoms with Gasteiger partial charge in [0.2, 0.25) is 0 Å². The Morgan fingerprint density at radius 1 is 1.43 bits per heavy atom. The summed E-state index contributed by atoms with van der Waals surface area (Å²) >= 11 is 0. The van der Waals surface area contributed by atoms with Crippen LogP contribution in [0.15, 0.2) is 5.16 Å². The maximum atomic E-state index is 10.4. The number of hydrogen-bond acceptors (Lipinski definition) is 3. The summed E-state index contributed by atoms with van der Waals surface area (Å²) < 4.78 is 0. The first kappa shape index (κ1) is 10.8. The lowest BCUT2D eigenvalue weighted by Crippen LogP contribution is -2.36. The van der Waals surface area contributed by atoms with E-state index in [0.717, 1.165) is 32.1 Å². The Labute approximate surface area is 82.8 Å². The van der Waals surface area contributed by atoms with Crippen molar-refractivity contribution in [3.8, 4) is 0 Å². The van der Waals surface area contributed by atoms with E-state index < -0.39 is 6.09 Å². The van der Waals surface area contributed by atoms with Crippen molar-refractivity contribution in [1.82, 2.24) is 5.32 Å². The van der Waals surface area contributed by atoms with Crippen LogP contribution in [0.1, 0.15) is 32.1 Å². The van der Waals surface area contributed by atoms with Gasteiger partial charge in [0.25, 0.3) is 0 Å². The van der Waals surface area contributed by atoms with Gasteiger partial charge in [0.1, 0.15) is 0 Å². The smallest absolute Gasteiger partial charge is 0.404 e.